The van der Waals surface area contributed by atoms with Gasteiger partial charge in [-0.05, 0) is 0 Å². The van der Waals surface area contributed by atoms with Crippen molar-refractivity contribution in [2.45, 2.75) is 24.5 Å². The van der Waals surface area contributed by atoms with Crippen LogP contribution >= 0.6 is 7.82 Å². The van der Waals surface area contributed by atoms with Crippen molar-refractivity contribution >= 4 is 24.9 Å². The number of aromatic nitrogens is 4. The molecule has 0 aromatic carbocycles. The average Bonchev–Trinajstić information content (AvgIpc) is 3.00. The number of nitrogens with one attached hydrogen (secondary N) is 1. The maximum atomic E-state index is 11.8. The number of phosphoric ester groups is 1. The molecular formula is C10H12N5O7P. The van der Waals surface area contributed by atoms with Gasteiger partial charge in [-0.15, -0.1) is 0 Å². The molecule has 2 aliphatic rings. The normalized spacial score (nSPS) is 37.1. The summed E-state index contributed by atoms with van der Waals surface area (Å²) in [6.07, 6.45) is -2.85. The first kappa shape index (κ1) is 14.8. The third kappa shape index (κ3) is 2.27. The summed E-state index contributed by atoms with van der Waals surface area (Å²) in [5.41, 5.74) is 5.12. The molecular weight excluding hydrogens is 336 g/mol. The number of fused-ring (bicyclic) bond motifs is 2. The van der Waals surface area contributed by atoms with Crippen molar-refractivity contribution in [2.24, 2.45) is 0 Å². The highest BCUT2D eigenvalue weighted by Crippen LogP contribution is 2.52. The molecule has 0 saturated carbocycles. The summed E-state index contributed by atoms with van der Waals surface area (Å²) in [5.74, 6) is -0.117. The number of aromatic amines is 1. The number of H-pyrrole nitrogens is 1. The Balaban J connectivity index is 1.75. The van der Waals surface area contributed by atoms with Gasteiger partial charge in [0.1, 0.15) is 18.3 Å². The van der Waals surface area contributed by atoms with E-state index in [4.69, 9.17) is 15.0 Å². The number of aliphatic hydroxyl groups is 1. The summed E-state index contributed by atoms with van der Waals surface area (Å²) in [5, 5.41) is 10.4. The second-order valence-electron chi connectivity index (χ2n) is 5.17. The molecule has 0 radical (unpaired) electrons. The number of hydrogen-bond donors (Lipinski definition) is 4. The molecule has 2 aromatic heterocycles. The maximum absolute atomic E-state index is 11.8. The molecule has 23 heavy (non-hydrogen) atoms. The molecule has 1 unspecified atom stereocenters. The monoisotopic (exact) mass is 348 g/mol. The third-order valence-corrected chi connectivity index (χ3v) is 4.68. The Morgan fingerprint density at radius 1 is 1.52 bits per heavy atom. The van der Waals surface area contributed by atoms with Crippen LogP contribution in [0.2, 0.25) is 0 Å². The molecule has 2 aliphatic heterocycles. The fourth-order valence-electron chi connectivity index (χ4n) is 2.69. The Hall–Kier alpha value is -1.82. The van der Waals surface area contributed by atoms with E-state index < -0.39 is 37.9 Å². The molecule has 2 fully saturated rings. The summed E-state index contributed by atoms with van der Waals surface area (Å²) < 4.78 is 27.9. The Labute approximate surface area is 127 Å². The largest absolute Gasteiger partial charge is 0.472 e. The minimum absolute atomic E-state index is 0.0230. The predicted molar refractivity (Wildman–Crippen MR) is 73.1 cm³/mol. The van der Waals surface area contributed by atoms with Crippen LogP contribution in [0, 0.1) is 0 Å². The fraction of sp³-hybridized carbons (Fsp3) is 0.500. The molecule has 5 atom stereocenters. The number of nitrogen functional groups attached to an aromatic ring is 1. The Morgan fingerprint density at radius 3 is 3.09 bits per heavy atom. The highest BCUT2D eigenvalue weighted by Gasteiger charge is 2.52. The van der Waals surface area contributed by atoms with E-state index in [1.54, 1.807) is 0 Å². The van der Waals surface area contributed by atoms with E-state index in [9.17, 15) is 19.4 Å². The number of aliphatic hydroxyl groups excluding tert-OH is 1. The molecule has 0 spiro atoms. The van der Waals surface area contributed by atoms with Gasteiger partial charge in [-0.25, -0.2) is 9.55 Å². The van der Waals surface area contributed by atoms with Gasteiger partial charge in [-0.2, -0.15) is 4.98 Å². The van der Waals surface area contributed by atoms with Crippen molar-refractivity contribution in [2.75, 3.05) is 12.3 Å². The number of rotatable bonds is 1. The van der Waals surface area contributed by atoms with Crippen LogP contribution < -0.4 is 11.3 Å². The van der Waals surface area contributed by atoms with Crippen LogP contribution in [0.15, 0.2) is 11.1 Å². The van der Waals surface area contributed by atoms with Crippen molar-refractivity contribution in [3.63, 3.8) is 0 Å². The SMILES string of the molecule is [15NH2][13c]1nc2c(ncn2[C@@H]2O[C@@H]3COP(=O)(O)O[C@H]3[C@H]2O)c(=O)[15nH]1. The zero-order valence-corrected chi connectivity index (χ0v) is 12.3. The standard InChI is InChI=1S/C10H12N5O7P/c11-10-13-7-4(8(17)14-10)12-2-15(7)9-5(16)6-3(21-9)1-20-23(18,19)22-6/h2-3,5-6,9,16H,1H2,(H,18,19)(H3,11,13,14,17)/t3-,5-,6-,9-/m1/s1/i10+1,11+1,14+1. The van der Waals surface area contributed by atoms with Crippen molar-refractivity contribution in [1.29, 1.82) is 0 Å². The van der Waals surface area contributed by atoms with E-state index in [0.29, 0.717) is 0 Å². The molecule has 13 heteroatoms. The number of anilines is 1. The summed E-state index contributed by atoms with van der Waals surface area (Å²) in [6, 6.07) is 0. The van der Waals surface area contributed by atoms with Gasteiger partial charge >= 0.3 is 7.82 Å². The first-order valence-corrected chi connectivity index (χ1v) is 8.07. The third-order valence-electron chi connectivity index (χ3n) is 3.69. The molecule has 4 heterocycles. The van der Waals surface area contributed by atoms with Gasteiger partial charge in [0.15, 0.2) is 17.4 Å². The molecule has 2 saturated heterocycles. The lowest BCUT2D eigenvalue weighted by molar-refractivity contribution is -0.0664. The lowest BCUT2D eigenvalue weighted by Gasteiger charge is -2.27. The highest BCUT2D eigenvalue weighted by atomic mass is 31.2. The molecule has 0 aliphatic carbocycles. The van der Waals surface area contributed by atoms with Gasteiger partial charge in [0.2, 0.25) is 5.95 Å². The number of ether oxygens (including phenoxy) is 1. The van der Waals surface area contributed by atoms with Gasteiger partial charge in [0.05, 0.1) is 12.9 Å². The summed E-state index contributed by atoms with van der Waals surface area (Å²) in [4.78, 5) is 31.3. The predicted octanol–water partition coefficient (Wildman–Crippen LogP) is -1.52. The Kier molecular flexibility index (Phi) is 3.10. The van der Waals surface area contributed by atoms with Crippen LogP contribution in [-0.4, -0.2) is 54.4 Å². The summed E-state index contributed by atoms with van der Waals surface area (Å²) in [6.45, 7) is -0.214. The highest BCUT2D eigenvalue weighted by molar-refractivity contribution is 7.47. The lowest BCUT2D eigenvalue weighted by atomic mass is 10.1. The van der Waals surface area contributed by atoms with Gasteiger partial charge < -0.3 is 20.5 Å². The molecule has 12 nitrogen and oxygen atoms in total. The van der Waals surface area contributed by atoms with E-state index >= 15 is 0 Å². The van der Waals surface area contributed by atoms with Gasteiger partial charge in [-0.1, -0.05) is 0 Å². The molecule has 124 valence electrons. The number of hydrogen-bond acceptors (Lipinski definition) is 9. The van der Waals surface area contributed by atoms with E-state index in [1.165, 1.54) is 10.9 Å². The average molecular weight is 348 g/mol. The van der Waals surface area contributed by atoms with Crippen LogP contribution in [0.25, 0.3) is 11.2 Å². The minimum Gasteiger partial charge on any atom is -0.386 e. The van der Waals surface area contributed by atoms with E-state index in [2.05, 4.69) is 19.5 Å². The Morgan fingerprint density at radius 2 is 2.30 bits per heavy atom. The van der Waals surface area contributed by atoms with Crippen LogP contribution in [-0.2, 0) is 18.3 Å². The first-order valence-electron chi connectivity index (χ1n) is 6.57. The van der Waals surface area contributed by atoms with Crippen LogP contribution in [0.4, 0.5) is 5.95 Å². The van der Waals surface area contributed by atoms with Crippen LogP contribution in [0.3, 0.4) is 0 Å². The van der Waals surface area contributed by atoms with Gasteiger partial charge in [0, 0.05) is 0 Å². The maximum Gasteiger partial charge on any atom is 0.472 e. The molecule has 4 rings (SSSR count). The Bertz CT molecular complexity index is 880. The minimum atomic E-state index is -4.22. The number of nitrogens with zero attached hydrogens (tertiary/aromatic N) is 3. The second-order valence-corrected chi connectivity index (χ2v) is 6.57. The topological polar surface area (TPSA) is 175 Å². The van der Waals surface area contributed by atoms with Crippen LogP contribution in [0.5, 0.6) is 0 Å². The number of imidazole rings is 1. The quantitative estimate of drug-likeness (QED) is 0.350. The van der Waals surface area contributed by atoms with Gasteiger partial charge in [-0.3, -0.25) is 23.4 Å². The lowest BCUT2D eigenvalue weighted by Crippen LogP contribution is -2.39. The second kappa shape index (κ2) is 4.84. The zero-order chi connectivity index (χ0) is 16.4. The van der Waals surface area contributed by atoms with Crippen molar-refractivity contribution in [3.05, 3.63) is 16.7 Å². The summed E-state index contributed by atoms with van der Waals surface area (Å²) in [7, 11) is -4.22. The summed E-state index contributed by atoms with van der Waals surface area (Å²) >= 11 is 0. The number of phosphoric acid groups is 1. The van der Waals surface area contributed by atoms with Gasteiger partial charge in [0.25, 0.3) is 5.56 Å². The van der Waals surface area contributed by atoms with E-state index in [1.807, 2.05) is 0 Å². The molecule has 0 bridgehead atoms. The molecule has 0 amide bonds. The van der Waals surface area contributed by atoms with Crippen molar-refractivity contribution in [3.8, 4) is 0 Å². The van der Waals surface area contributed by atoms with Crippen LogP contribution in [0.1, 0.15) is 6.23 Å². The molecule has 2 aromatic rings. The molecule has 5 N–H and O–H groups in total. The smallest absolute Gasteiger partial charge is 0.386 e. The zero-order valence-electron chi connectivity index (χ0n) is 11.4. The van der Waals surface area contributed by atoms with Crippen molar-refractivity contribution < 1.29 is 28.3 Å². The first-order chi connectivity index (χ1) is 10.9. The van der Waals surface area contributed by atoms with Crippen molar-refractivity contribution in [1.82, 2.24) is 19.5 Å². The van der Waals surface area contributed by atoms with E-state index in [-0.39, 0.29) is 23.7 Å². The van der Waals surface area contributed by atoms with E-state index in [0.717, 1.165) is 0 Å². The fourth-order valence-corrected chi connectivity index (χ4v) is 3.66. The number of nitrogens with two attached hydrogens (primary N) is 1.